The summed E-state index contributed by atoms with van der Waals surface area (Å²) >= 11 is 8.70. The van der Waals surface area contributed by atoms with E-state index in [0.29, 0.717) is 0 Å². The number of benzene rings is 1. The third-order valence-electron chi connectivity index (χ3n) is 0.826. The summed E-state index contributed by atoms with van der Waals surface area (Å²) in [7, 11) is 0. The van der Waals surface area contributed by atoms with E-state index >= 15 is 0 Å². The zero-order chi connectivity index (χ0) is 5.98. The van der Waals surface area contributed by atoms with E-state index in [1.54, 1.807) is 0 Å². The zero-order valence-electron chi connectivity index (χ0n) is 4.07. The average molecular weight is 168 g/mol. The first-order chi connectivity index (χ1) is 3.80. The fraction of sp³-hybridized carbons (Fsp3) is 0. The van der Waals surface area contributed by atoms with Crippen LogP contribution in [0.1, 0.15) is 0 Å². The molecule has 0 aliphatic carbocycles. The molecule has 0 atom stereocenters. The molecule has 0 N–H and O–H groups in total. The molecule has 0 heterocycles. The summed E-state index contributed by atoms with van der Waals surface area (Å²) in [4.78, 5) is 0.896. The van der Waals surface area contributed by atoms with Crippen molar-refractivity contribution in [1.29, 1.82) is 0 Å². The molecule has 45 valence electrons. The van der Waals surface area contributed by atoms with Gasteiger partial charge in [0.15, 0.2) is 0 Å². The number of hydrogen-bond acceptors (Lipinski definition) is 1. The molecule has 1 aromatic rings. The number of thiol groups is 1. The van der Waals surface area contributed by atoms with E-state index in [-0.39, 0.29) is 0 Å². The van der Waals surface area contributed by atoms with E-state index in [1.165, 1.54) is 0 Å². The van der Waals surface area contributed by atoms with Gasteiger partial charge in [-0.05, 0) is 0 Å². The Morgan fingerprint density at radius 1 is 1.25 bits per heavy atom. The van der Waals surface area contributed by atoms with E-state index in [1.807, 2.05) is 24.3 Å². The molecule has 1 aromatic carbocycles. The van der Waals surface area contributed by atoms with Gasteiger partial charge >= 0.3 is 61.8 Å². The Morgan fingerprint density at radius 2 is 1.88 bits per heavy atom. The Hall–Kier alpha value is 0.0635. The minimum absolute atomic E-state index is 0.857. The first kappa shape index (κ1) is 6.19. The van der Waals surface area contributed by atoms with Crippen molar-refractivity contribution in [3.8, 4) is 0 Å². The molecule has 0 aliphatic heterocycles. The molecule has 0 saturated heterocycles. The third-order valence-corrected chi connectivity index (χ3v) is 1.81. The predicted octanol–water partition coefficient (Wildman–Crippen LogP) is 1.15. The fourth-order valence-corrected chi connectivity index (χ4v) is 0.779. The summed E-state index contributed by atoms with van der Waals surface area (Å²) in [5.41, 5.74) is 0. The Balaban J connectivity index is 3.13. The first-order valence-corrected chi connectivity index (χ1v) is 3.15. The molecule has 0 fully saturated rings. The van der Waals surface area contributed by atoms with Gasteiger partial charge in [0.05, 0.1) is 0 Å². The first-order valence-electron chi connectivity index (χ1n) is 2.21. The quantitative estimate of drug-likeness (QED) is 0.435. The van der Waals surface area contributed by atoms with Crippen molar-refractivity contribution in [2.24, 2.45) is 0 Å². The van der Waals surface area contributed by atoms with E-state index in [4.69, 9.17) is 0 Å². The Kier molecular flexibility index (Phi) is 1.98. The van der Waals surface area contributed by atoms with Gasteiger partial charge in [0, 0.05) is 0 Å². The van der Waals surface area contributed by atoms with Crippen molar-refractivity contribution in [2.75, 3.05) is 0 Å². The molecule has 0 saturated carbocycles. The zero-order valence-corrected chi connectivity index (χ0v) is 5.95. The summed E-state index contributed by atoms with van der Waals surface area (Å²) in [5.74, 6) is 0. The van der Waals surface area contributed by atoms with Crippen LogP contribution in [0.5, 0.6) is 0 Å². The van der Waals surface area contributed by atoms with E-state index in [2.05, 4.69) is 28.1 Å². The molecule has 2 heteroatoms. The topological polar surface area (TPSA) is 0 Å². The Labute approximate surface area is 62.1 Å². The molecule has 0 aliphatic rings. The van der Waals surface area contributed by atoms with Crippen LogP contribution in [0.15, 0.2) is 29.2 Å². The van der Waals surface area contributed by atoms with E-state index in [0.717, 1.165) is 9.43 Å². The summed E-state index contributed by atoms with van der Waals surface area (Å²) in [5, 5.41) is 0. The van der Waals surface area contributed by atoms with Crippen LogP contribution in [0.3, 0.4) is 0 Å². The van der Waals surface area contributed by atoms with Crippen molar-refractivity contribution in [3.05, 3.63) is 24.3 Å². The minimum atomic E-state index is 0.857. The van der Waals surface area contributed by atoms with Crippen LogP contribution in [-0.2, 0) is 15.5 Å². The summed E-state index contributed by atoms with van der Waals surface area (Å²) in [6.07, 6.45) is 0. The van der Waals surface area contributed by atoms with Gasteiger partial charge in [-0.25, -0.2) is 0 Å². The Bertz CT molecular complexity index is 165. The molecule has 0 bridgehead atoms. The molecular weight excluding hydrogens is 163 g/mol. The van der Waals surface area contributed by atoms with Crippen molar-refractivity contribution in [2.45, 2.75) is 4.90 Å². The molecule has 0 unspecified atom stereocenters. The van der Waals surface area contributed by atoms with Crippen LogP contribution in [0.25, 0.3) is 0 Å². The van der Waals surface area contributed by atoms with Crippen molar-refractivity contribution in [1.82, 2.24) is 0 Å². The van der Waals surface area contributed by atoms with Crippen molar-refractivity contribution >= 4 is 17.2 Å². The second-order valence-electron chi connectivity index (χ2n) is 1.42. The van der Waals surface area contributed by atoms with Gasteiger partial charge in [0.2, 0.25) is 0 Å². The predicted molar refractivity (Wildman–Crippen MR) is 33.3 cm³/mol. The number of rotatable bonds is 0. The molecule has 1 rings (SSSR count). The fourth-order valence-electron chi connectivity index (χ4n) is 0.441. The molecule has 0 radical (unpaired) electrons. The molecule has 0 aromatic heterocycles. The molecule has 0 amide bonds. The summed E-state index contributed by atoms with van der Waals surface area (Å²) in [6, 6.07) is 7.60. The SMILES string of the molecule is Sc1cccc[c]1[Ni]. The van der Waals surface area contributed by atoms with Crippen LogP contribution >= 0.6 is 12.6 Å². The molecule has 8 heavy (non-hydrogen) atoms. The molecule has 0 spiro atoms. The van der Waals surface area contributed by atoms with Gasteiger partial charge < -0.3 is 0 Å². The van der Waals surface area contributed by atoms with Crippen molar-refractivity contribution in [3.63, 3.8) is 0 Å². The van der Waals surface area contributed by atoms with E-state index < -0.39 is 0 Å². The standard InChI is InChI=1S/C6H5S.Ni/c7-6-4-2-1-3-5-6;/h1-4,7H;. The second kappa shape index (κ2) is 2.56. The number of hydrogen-bond donors (Lipinski definition) is 1. The van der Waals surface area contributed by atoms with Crippen LogP contribution in [0.4, 0.5) is 0 Å². The van der Waals surface area contributed by atoms with Crippen LogP contribution in [0, 0.1) is 0 Å². The van der Waals surface area contributed by atoms with Gasteiger partial charge in [-0.2, -0.15) is 0 Å². The monoisotopic (exact) mass is 167 g/mol. The van der Waals surface area contributed by atoms with Crippen molar-refractivity contribution < 1.29 is 15.5 Å². The molecule has 0 nitrogen and oxygen atoms in total. The normalized spacial score (nSPS) is 9.38. The maximum absolute atomic E-state index is 4.59. The van der Waals surface area contributed by atoms with Gasteiger partial charge in [-0.1, -0.05) is 0 Å². The molecular formula is C6H5NiS. The van der Waals surface area contributed by atoms with Gasteiger partial charge in [0.1, 0.15) is 0 Å². The van der Waals surface area contributed by atoms with Crippen LogP contribution in [0.2, 0.25) is 0 Å². The third kappa shape index (κ3) is 1.27. The second-order valence-corrected chi connectivity index (χ2v) is 2.43. The van der Waals surface area contributed by atoms with Gasteiger partial charge in [0.25, 0.3) is 0 Å². The maximum atomic E-state index is 4.59. The summed E-state index contributed by atoms with van der Waals surface area (Å²) < 4.78 is 0.857. The van der Waals surface area contributed by atoms with Gasteiger partial charge in [-0.3, -0.25) is 0 Å². The van der Waals surface area contributed by atoms with Crippen LogP contribution < -0.4 is 4.53 Å². The summed E-state index contributed by atoms with van der Waals surface area (Å²) in [6.45, 7) is 0. The van der Waals surface area contributed by atoms with Gasteiger partial charge in [-0.15, -0.1) is 0 Å². The van der Waals surface area contributed by atoms with Crippen LogP contribution in [-0.4, -0.2) is 0 Å². The average Bonchev–Trinajstić information content (AvgIpc) is 1.77. The Morgan fingerprint density at radius 3 is 2.25 bits per heavy atom. The van der Waals surface area contributed by atoms with E-state index in [9.17, 15) is 0 Å².